The molecule has 0 bridgehead atoms. The Labute approximate surface area is 144 Å². The molecule has 1 amide bonds. The van der Waals surface area contributed by atoms with Crippen molar-refractivity contribution in [2.75, 3.05) is 17.2 Å². The first-order chi connectivity index (χ1) is 11.6. The van der Waals surface area contributed by atoms with Gasteiger partial charge in [-0.05, 0) is 44.0 Å². The summed E-state index contributed by atoms with van der Waals surface area (Å²) in [5, 5.41) is 6.26. The molecule has 0 unspecified atom stereocenters. The van der Waals surface area contributed by atoms with Crippen molar-refractivity contribution < 1.29 is 9.53 Å². The highest BCUT2D eigenvalue weighted by Gasteiger charge is 2.09. The zero-order valence-corrected chi connectivity index (χ0v) is 14.6. The lowest BCUT2D eigenvalue weighted by atomic mass is 10.1. The number of anilines is 2. The highest BCUT2D eigenvalue weighted by Crippen LogP contribution is 2.25. The van der Waals surface area contributed by atoms with Crippen LogP contribution in [0, 0.1) is 0 Å². The Morgan fingerprint density at radius 2 is 1.71 bits per heavy atom. The van der Waals surface area contributed by atoms with Crippen LogP contribution >= 0.6 is 0 Å². The Morgan fingerprint density at radius 3 is 2.42 bits per heavy atom. The van der Waals surface area contributed by atoms with Crippen LogP contribution in [-0.2, 0) is 11.2 Å². The first-order valence-electron chi connectivity index (χ1n) is 8.47. The smallest absolute Gasteiger partial charge is 0.226 e. The Kier molecular flexibility index (Phi) is 6.67. The van der Waals surface area contributed by atoms with E-state index < -0.39 is 0 Å². The third-order valence-electron chi connectivity index (χ3n) is 3.59. The van der Waals surface area contributed by atoms with Crippen LogP contribution in [0.1, 0.15) is 32.8 Å². The monoisotopic (exact) mass is 326 g/mol. The quantitative estimate of drug-likeness (QED) is 0.752. The Hall–Kier alpha value is -2.49. The molecule has 0 radical (unpaired) electrons. The lowest BCUT2D eigenvalue weighted by molar-refractivity contribution is -0.116. The first kappa shape index (κ1) is 17.9. The van der Waals surface area contributed by atoms with Crippen molar-refractivity contribution >= 4 is 17.3 Å². The average molecular weight is 326 g/mol. The molecule has 2 rings (SSSR count). The van der Waals surface area contributed by atoms with E-state index in [0.717, 1.165) is 12.1 Å². The molecular formula is C20H26N2O2. The molecule has 0 aliphatic heterocycles. The van der Waals surface area contributed by atoms with E-state index in [1.165, 1.54) is 5.56 Å². The topological polar surface area (TPSA) is 50.4 Å². The molecule has 0 spiro atoms. The zero-order chi connectivity index (χ0) is 17.4. The molecule has 2 aromatic carbocycles. The second kappa shape index (κ2) is 8.96. The van der Waals surface area contributed by atoms with Gasteiger partial charge in [0.25, 0.3) is 0 Å². The van der Waals surface area contributed by atoms with Crippen molar-refractivity contribution in [2.45, 2.75) is 39.7 Å². The molecule has 4 nitrogen and oxygen atoms in total. The molecule has 128 valence electrons. The third kappa shape index (κ3) is 5.30. The standard InChI is InChI=1S/C20H26N2O2/c1-4-16-9-5-6-10-17(16)21-14-13-20(23)22-18-11-7-8-12-19(18)24-15(2)3/h5-12,15,21H,4,13-14H2,1-3H3,(H,22,23). The lowest BCUT2D eigenvalue weighted by Crippen LogP contribution is -2.17. The number of nitrogens with one attached hydrogen (secondary N) is 2. The summed E-state index contributed by atoms with van der Waals surface area (Å²) in [6.45, 7) is 6.65. The first-order valence-corrected chi connectivity index (χ1v) is 8.47. The highest BCUT2D eigenvalue weighted by atomic mass is 16.5. The fourth-order valence-corrected chi connectivity index (χ4v) is 2.45. The number of carbonyl (C=O) groups excluding carboxylic acids is 1. The summed E-state index contributed by atoms with van der Waals surface area (Å²) in [4.78, 5) is 12.2. The molecular weight excluding hydrogens is 300 g/mol. The molecule has 24 heavy (non-hydrogen) atoms. The van der Waals surface area contributed by atoms with Crippen molar-refractivity contribution in [1.82, 2.24) is 0 Å². The van der Waals surface area contributed by atoms with Crippen LogP contribution in [0.4, 0.5) is 11.4 Å². The van der Waals surface area contributed by atoms with E-state index in [1.54, 1.807) is 0 Å². The molecule has 0 saturated carbocycles. The number of hydrogen-bond acceptors (Lipinski definition) is 3. The normalized spacial score (nSPS) is 10.5. The van der Waals surface area contributed by atoms with Gasteiger partial charge < -0.3 is 15.4 Å². The van der Waals surface area contributed by atoms with Gasteiger partial charge in [0.2, 0.25) is 5.91 Å². The van der Waals surface area contributed by atoms with E-state index in [2.05, 4.69) is 23.6 Å². The van der Waals surface area contributed by atoms with Gasteiger partial charge >= 0.3 is 0 Å². The van der Waals surface area contributed by atoms with E-state index >= 15 is 0 Å². The van der Waals surface area contributed by atoms with Crippen molar-refractivity contribution in [3.05, 3.63) is 54.1 Å². The number of ether oxygens (including phenoxy) is 1. The molecule has 2 N–H and O–H groups in total. The van der Waals surface area contributed by atoms with E-state index in [1.807, 2.05) is 56.3 Å². The minimum Gasteiger partial charge on any atom is -0.489 e. The predicted molar refractivity (Wildman–Crippen MR) is 99.8 cm³/mol. The minimum absolute atomic E-state index is 0.0312. The Balaban J connectivity index is 1.88. The van der Waals surface area contributed by atoms with Gasteiger partial charge in [0.15, 0.2) is 0 Å². The van der Waals surface area contributed by atoms with Crippen LogP contribution in [0.5, 0.6) is 5.75 Å². The summed E-state index contributed by atoms with van der Waals surface area (Å²) in [5.74, 6) is 0.668. The average Bonchev–Trinajstić information content (AvgIpc) is 2.56. The van der Waals surface area contributed by atoms with Gasteiger partial charge in [-0.2, -0.15) is 0 Å². The molecule has 0 atom stereocenters. The van der Waals surface area contributed by atoms with Crippen LogP contribution < -0.4 is 15.4 Å². The number of rotatable bonds is 8. The van der Waals surface area contributed by atoms with Crippen LogP contribution in [0.25, 0.3) is 0 Å². The molecule has 0 aromatic heterocycles. The second-order valence-electron chi connectivity index (χ2n) is 5.90. The summed E-state index contributed by atoms with van der Waals surface area (Å²) in [5.41, 5.74) is 3.06. The van der Waals surface area contributed by atoms with Gasteiger partial charge in [0.1, 0.15) is 5.75 Å². The number of hydrogen-bond donors (Lipinski definition) is 2. The van der Waals surface area contributed by atoms with Gasteiger partial charge in [-0.3, -0.25) is 4.79 Å². The predicted octanol–water partition coefficient (Wildman–Crippen LogP) is 4.48. The van der Waals surface area contributed by atoms with Crippen LogP contribution in [0.15, 0.2) is 48.5 Å². The number of carbonyl (C=O) groups is 1. The zero-order valence-electron chi connectivity index (χ0n) is 14.6. The van der Waals surface area contributed by atoms with Gasteiger partial charge in [0, 0.05) is 18.7 Å². The molecule has 0 aliphatic carbocycles. The number of benzene rings is 2. The van der Waals surface area contributed by atoms with Crippen molar-refractivity contribution in [3.63, 3.8) is 0 Å². The van der Waals surface area contributed by atoms with Gasteiger partial charge in [-0.25, -0.2) is 0 Å². The summed E-state index contributed by atoms with van der Waals surface area (Å²) in [6, 6.07) is 15.7. The summed E-state index contributed by atoms with van der Waals surface area (Å²) < 4.78 is 5.72. The lowest BCUT2D eigenvalue weighted by Gasteiger charge is -2.15. The van der Waals surface area contributed by atoms with E-state index in [-0.39, 0.29) is 12.0 Å². The Morgan fingerprint density at radius 1 is 1.04 bits per heavy atom. The Bertz CT molecular complexity index is 668. The maximum atomic E-state index is 12.2. The molecule has 0 fully saturated rings. The SMILES string of the molecule is CCc1ccccc1NCCC(=O)Nc1ccccc1OC(C)C. The molecule has 4 heteroatoms. The van der Waals surface area contributed by atoms with E-state index in [9.17, 15) is 4.79 Å². The molecule has 0 heterocycles. The molecule has 2 aromatic rings. The van der Waals surface area contributed by atoms with Crippen LogP contribution in [-0.4, -0.2) is 18.6 Å². The molecule has 0 aliphatic rings. The number of para-hydroxylation sites is 3. The summed E-state index contributed by atoms with van der Waals surface area (Å²) >= 11 is 0. The van der Waals surface area contributed by atoms with Crippen molar-refractivity contribution in [2.24, 2.45) is 0 Å². The maximum Gasteiger partial charge on any atom is 0.226 e. The van der Waals surface area contributed by atoms with Crippen LogP contribution in [0.2, 0.25) is 0 Å². The maximum absolute atomic E-state index is 12.2. The number of aryl methyl sites for hydroxylation is 1. The fraction of sp³-hybridized carbons (Fsp3) is 0.350. The van der Waals surface area contributed by atoms with E-state index in [4.69, 9.17) is 4.74 Å². The fourth-order valence-electron chi connectivity index (χ4n) is 2.45. The minimum atomic E-state index is -0.0312. The van der Waals surface area contributed by atoms with E-state index in [0.29, 0.717) is 24.4 Å². The molecule has 0 saturated heterocycles. The number of amides is 1. The second-order valence-corrected chi connectivity index (χ2v) is 5.90. The summed E-state index contributed by atoms with van der Waals surface area (Å²) in [6.07, 6.45) is 1.43. The van der Waals surface area contributed by atoms with Crippen molar-refractivity contribution in [3.8, 4) is 5.75 Å². The van der Waals surface area contributed by atoms with Crippen molar-refractivity contribution in [1.29, 1.82) is 0 Å². The van der Waals surface area contributed by atoms with Gasteiger partial charge in [0.05, 0.1) is 11.8 Å². The van der Waals surface area contributed by atoms with Gasteiger partial charge in [-0.1, -0.05) is 37.3 Å². The highest BCUT2D eigenvalue weighted by molar-refractivity contribution is 5.92. The largest absolute Gasteiger partial charge is 0.489 e. The van der Waals surface area contributed by atoms with Gasteiger partial charge in [-0.15, -0.1) is 0 Å². The van der Waals surface area contributed by atoms with Crippen LogP contribution in [0.3, 0.4) is 0 Å². The summed E-state index contributed by atoms with van der Waals surface area (Å²) in [7, 11) is 0. The third-order valence-corrected chi connectivity index (χ3v) is 3.59.